The van der Waals surface area contributed by atoms with Crippen LogP contribution in [0.1, 0.15) is 17.5 Å². The van der Waals surface area contributed by atoms with E-state index in [9.17, 15) is 4.79 Å². The van der Waals surface area contributed by atoms with Gasteiger partial charge in [0.2, 0.25) is 0 Å². The highest BCUT2D eigenvalue weighted by Crippen LogP contribution is 2.62. The van der Waals surface area contributed by atoms with Gasteiger partial charge in [0.1, 0.15) is 0 Å². The molecule has 23 heavy (non-hydrogen) atoms. The summed E-state index contributed by atoms with van der Waals surface area (Å²) in [5, 5.41) is 0. The Hall–Kier alpha value is -1.45. The van der Waals surface area contributed by atoms with Gasteiger partial charge in [0, 0.05) is 23.8 Å². The fourth-order valence-electron chi connectivity index (χ4n) is 4.62. The van der Waals surface area contributed by atoms with Crippen LogP contribution in [0.3, 0.4) is 0 Å². The molecule has 4 atom stereocenters. The Morgan fingerprint density at radius 1 is 1.00 bits per heavy atom. The third kappa shape index (κ3) is 1.93. The number of benzene rings is 2. The number of methoxy groups -OCH3 is 1. The van der Waals surface area contributed by atoms with Gasteiger partial charge in [0.05, 0.1) is 11.5 Å². The molecule has 2 saturated carbocycles. The van der Waals surface area contributed by atoms with E-state index in [1.54, 1.807) is 7.11 Å². The zero-order valence-electron chi connectivity index (χ0n) is 13.0. The molecule has 4 rings (SSSR count). The van der Waals surface area contributed by atoms with Gasteiger partial charge in [0.25, 0.3) is 0 Å². The van der Waals surface area contributed by atoms with Gasteiger partial charge < -0.3 is 4.74 Å². The molecule has 3 heteroatoms. The Bertz CT molecular complexity index is 673. The van der Waals surface area contributed by atoms with Crippen LogP contribution in [0.5, 0.6) is 0 Å². The van der Waals surface area contributed by atoms with E-state index in [4.69, 9.17) is 4.74 Å². The van der Waals surface area contributed by atoms with E-state index in [1.165, 1.54) is 0 Å². The first-order chi connectivity index (χ1) is 11.2. The minimum absolute atomic E-state index is 0.0877. The van der Waals surface area contributed by atoms with Crippen molar-refractivity contribution in [3.63, 3.8) is 0 Å². The summed E-state index contributed by atoms with van der Waals surface area (Å²) in [6.45, 7) is 0. The van der Waals surface area contributed by atoms with E-state index in [0.29, 0.717) is 5.78 Å². The Morgan fingerprint density at radius 3 is 2.00 bits per heavy atom. The highest BCUT2D eigenvalue weighted by Gasteiger charge is 2.69. The van der Waals surface area contributed by atoms with E-state index in [2.05, 4.69) is 40.2 Å². The molecule has 0 unspecified atom stereocenters. The lowest BCUT2D eigenvalue weighted by Gasteiger charge is -2.52. The fourth-order valence-corrected chi connectivity index (χ4v) is 5.81. The zero-order chi connectivity index (χ0) is 16.0. The lowest BCUT2D eigenvalue weighted by Crippen LogP contribution is -2.61. The molecule has 0 aromatic heterocycles. The van der Waals surface area contributed by atoms with E-state index in [1.807, 2.05) is 36.4 Å². The predicted octanol–water partition coefficient (Wildman–Crippen LogP) is 3.97. The van der Waals surface area contributed by atoms with E-state index < -0.39 is 5.41 Å². The summed E-state index contributed by atoms with van der Waals surface area (Å²) in [5.74, 6) is 0.665. The highest BCUT2D eigenvalue weighted by atomic mass is 79.9. The number of carbonyl (C=O) groups is 1. The summed E-state index contributed by atoms with van der Waals surface area (Å²) in [7, 11) is 1.74. The molecule has 2 nitrogen and oxygen atoms in total. The van der Waals surface area contributed by atoms with Gasteiger partial charge in [-0.05, 0) is 17.5 Å². The summed E-state index contributed by atoms with van der Waals surface area (Å²) in [6.07, 6.45) is 0.917. The van der Waals surface area contributed by atoms with Crippen molar-refractivity contribution in [2.45, 2.75) is 22.8 Å². The standard InChI is InChI=1S/C20H19BrO2/c1-23-16-12-15-17(18(16)21)20(19(15)22,13-8-4-2-5-9-13)14-10-6-3-7-11-14/h2-11,15-18H,12H2,1H3/t15-,16+,17+,18+/m0/s1. The maximum absolute atomic E-state index is 13.3. The molecule has 0 saturated heterocycles. The largest absolute Gasteiger partial charge is 0.380 e. The average molecular weight is 371 g/mol. The summed E-state index contributed by atoms with van der Waals surface area (Å²) < 4.78 is 5.62. The van der Waals surface area contributed by atoms with Crippen LogP contribution in [0.2, 0.25) is 0 Å². The Kier molecular flexibility index (Phi) is 3.66. The molecule has 0 bridgehead atoms. The second-order valence-electron chi connectivity index (χ2n) is 6.49. The van der Waals surface area contributed by atoms with Gasteiger partial charge in [-0.2, -0.15) is 0 Å². The third-order valence-corrected chi connectivity index (χ3v) is 6.76. The third-order valence-electron chi connectivity index (χ3n) is 5.60. The Balaban J connectivity index is 1.90. The number of ketones is 1. The van der Waals surface area contributed by atoms with Gasteiger partial charge in [-0.25, -0.2) is 0 Å². The molecule has 2 aliphatic carbocycles. The smallest absolute Gasteiger partial charge is 0.151 e. The zero-order valence-corrected chi connectivity index (χ0v) is 14.6. The number of hydrogen-bond acceptors (Lipinski definition) is 2. The lowest BCUT2D eigenvalue weighted by atomic mass is 9.48. The Labute approximate surface area is 145 Å². The summed E-state index contributed by atoms with van der Waals surface area (Å²) in [4.78, 5) is 13.5. The van der Waals surface area contributed by atoms with Crippen LogP contribution in [0.4, 0.5) is 0 Å². The number of alkyl halides is 1. The minimum Gasteiger partial charge on any atom is -0.380 e. The molecule has 2 aliphatic rings. The van der Waals surface area contributed by atoms with Crippen molar-refractivity contribution >= 4 is 21.7 Å². The molecular weight excluding hydrogens is 352 g/mol. The minimum atomic E-state index is -0.547. The van der Waals surface area contributed by atoms with Crippen LogP contribution < -0.4 is 0 Å². The van der Waals surface area contributed by atoms with Gasteiger partial charge in [-0.3, -0.25) is 4.79 Å². The van der Waals surface area contributed by atoms with Crippen molar-refractivity contribution in [2.75, 3.05) is 7.11 Å². The quantitative estimate of drug-likeness (QED) is 0.764. The fraction of sp³-hybridized carbons (Fsp3) is 0.350. The van der Waals surface area contributed by atoms with Crippen LogP contribution in [0.15, 0.2) is 60.7 Å². The Morgan fingerprint density at radius 2 is 1.52 bits per heavy atom. The van der Waals surface area contributed by atoms with Crippen molar-refractivity contribution in [1.82, 2.24) is 0 Å². The molecule has 0 heterocycles. The van der Waals surface area contributed by atoms with Crippen molar-refractivity contribution in [2.24, 2.45) is 11.8 Å². The second-order valence-corrected chi connectivity index (χ2v) is 7.55. The maximum Gasteiger partial charge on any atom is 0.151 e. The van der Waals surface area contributed by atoms with Crippen LogP contribution in [0.25, 0.3) is 0 Å². The number of carbonyl (C=O) groups excluding carboxylic acids is 1. The predicted molar refractivity (Wildman–Crippen MR) is 93.8 cm³/mol. The molecule has 0 radical (unpaired) electrons. The molecule has 0 N–H and O–H groups in total. The van der Waals surface area contributed by atoms with Gasteiger partial charge in [-0.1, -0.05) is 76.6 Å². The van der Waals surface area contributed by atoms with Crippen molar-refractivity contribution in [1.29, 1.82) is 0 Å². The van der Waals surface area contributed by atoms with Crippen molar-refractivity contribution < 1.29 is 9.53 Å². The molecule has 0 spiro atoms. The summed E-state index contributed by atoms with van der Waals surface area (Å²) in [6, 6.07) is 20.4. The normalized spacial score (nSPS) is 31.5. The molecule has 2 fully saturated rings. The van der Waals surface area contributed by atoms with Crippen LogP contribution in [0, 0.1) is 11.8 Å². The van der Waals surface area contributed by atoms with Crippen LogP contribution in [-0.4, -0.2) is 23.8 Å². The molecule has 0 amide bonds. The number of Topliss-reactive ketones (excluding diaryl/α,β-unsaturated/α-hetero) is 1. The van der Waals surface area contributed by atoms with E-state index >= 15 is 0 Å². The van der Waals surface area contributed by atoms with Gasteiger partial charge in [-0.15, -0.1) is 0 Å². The number of ether oxygens (including phenoxy) is 1. The first kappa shape index (κ1) is 15.1. The first-order valence-corrected chi connectivity index (χ1v) is 8.95. The number of hydrogen-bond donors (Lipinski definition) is 0. The van der Waals surface area contributed by atoms with Crippen molar-refractivity contribution in [3.8, 4) is 0 Å². The van der Waals surface area contributed by atoms with E-state index in [-0.39, 0.29) is 22.8 Å². The SMILES string of the molecule is CO[C@@H]1C[C@@H]2C(=O)C(c3ccccc3)(c3ccccc3)[C@H]2[C@@H]1Br. The van der Waals surface area contributed by atoms with Crippen LogP contribution >= 0.6 is 15.9 Å². The summed E-state index contributed by atoms with van der Waals surface area (Å²) >= 11 is 3.84. The summed E-state index contributed by atoms with van der Waals surface area (Å²) in [5.41, 5.74) is 1.64. The second kappa shape index (κ2) is 5.57. The van der Waals surface area contributed by atoms with Crippen molar-refractivity contribution in [3.05, 3.63) is 71.8 Å². The first-order valence-electron chi connectivity index (χ1n) is 8.03. The number of halogens is 1. The average Bonchev–Trinajstić information content (AvgIpc) is 2.91. The molecule has 2 aromatic rings. The number of fused-ring (bicyclic) bond motifs is 1. The lowest BCUT2D eigenvalue weighted by molar-refractivity contribution is -0.141. The topological polar surface area (TPSA) is 26.3 Å². The monoisotopic (exact) mass is 370 g/mol. The molecule has 118 valence electrons. The van der Waals surface area contributed by atoms with E-state index in [0.717, 1.165) is 17.5 Å². The molecular formula is C20H19BrO2. The van der Waals surface area contributed by atoms with Gasteiger partial charge >= 0.3 is 0 Å². The van der Waals surface area contributed by atoms with Gasteiger partial charge in [0.15, 0.2) is 5.78 Å². The number of rotatable bonds is 3. The van der Waals surface area contributed by atoms with Crippen LogP contribution in [-0.2, 0) is 14.9 Å². The highest BCUT2D eigenvalue weighted by molar-refractivity contribution is 9.09. The maximum atomic E-state index is 13.3. The molecule has 0 aliphatic heterocycles. The molecule has 2 aromatic carbocycles.